The van der Waals surface area contributed by atoms with Crippen LogP contribution in [0, 0.1) is 6.92 Å². The molecule has 0 bridgehead atoms. The number of ether oxygens (including phenoxy) is 2. The lowest BCUT2D eigenvalue weighted by molar-refractivity contribution is 0.154. The van der Waals surface area contributed by atoms with E-state index in [1.807, 2.05) is 6.92 Å². The average Bonchev–Trinajstić information content (AvgIpc) is 2.45. The summed E-state index contributed by atoms with van der Waals surface area (Å²) in [6.07, 6.45) is 0. The van der Waals surface area contributed by atoms with E-state index in [2.05, 4.69) is 42.4 Å². The van der Waals surface area contributed by atoms with Gasteiger partial charge in [0.1, 0.15) is 0 Å². The maximum Gasteiger partial charge on any atom is 0.0641 e. The molecule has 0 radical (unpaired) electrons. The number of nitrogens with one attached hydrogen (secondary N) is 1. The fourth-order valence-electron chi connectivity index (χ4n) is 1.99. The molecule has 114 valence electrons. The van der Waals surface area contributed by atoms with Crippen molar-refractivity contribution in [2.75, 3.05) is 52.0 Å². The Bertz CT molecular complexity index is 383. The van der Waals surface area contributed by atoms with Crippen molar-refractivity contribution in [3.63, 3.8) is 0 Å². The summed E-state index contributed by atoms with van der Waals surface area (Å²) < 4.78 is 10.4. The van der Waals surface area contributed by atoms with Crippen molar-refractivity contribution in [2.24, 2.45) is 0 Å². The molecule has 1 rings (SSSR count). The van der Waals surface area contributed by atoms with Crippen LogP contribution < -0.4 is 10.2 Å². The van der Waals surface area contributed by atoms with E-state index in [9.17, 15) is 0 Å². The number of nitrogens with zero attached hydrogens (tertiary/aromatic N) is 1. The Morgan fingerprint density at radius 2 is 2.05 bits per heavy atom. The Morgan fingerprint density at radius 1 is 1.25 bits per heavy atom. The third kappa shape index (κ3) is 5.90. The number of likely N-dealkylation sites (N-methyl/N-ethyl adjacent to an activating group) is 1. The molecule has 0 heterocycles. The van der Waals surface area contributed by atoms with Gasteiger partial charge in [-0.3, -0.25) is 0 Å². The number of benzene rings is 1. The number of rotatable bonds is 10. The average molecular weight is 280 g/mol. The molecule has 0 aliphatic heterocycles. The van der Waals surface area contributed by atoms with Gasteiger partial charge in [-0.1, -0.05) is 6.07 Å². The molecule has 20 heavy (non-hydrogen) atoms. The van der Waals surface area contributed by atoms with Gasteiger partial charge in [0.25, 0.3) is 0 Å². The van der Waals surface area contributed by atoms with Gasteiger partial charge in [-0.15, -0.1) is 0 Å². The molecule has 1 aromatic carbocycles. The standard InChI is InChI=1S/C16H28N2O2/c1-5-20-11-9-18(3)16-7-6-15(14(2)12-16)13-17-8-10-19-4/h6-7,12,17H,5,8-11,13H2,1-4H3. The summed E-state index contributed by atoms with van der Waals surface area (Å²) in [5, 5.41) is 3.38. The molecular formula is C16H28N2O2. The van der Waals surface area contributed by atoms with E-state index in [1.54, 1.807) is 7.11 Å². The van der Waals surface area contributed by atoms with E-state index in [4.69, 9.17) is 9.47 Å². The molecule has 0 aliphatic carbocycles. The first-order valence-corrected chi connectivity index (χ1v) is 7.27. The molecule has 0 atom stereocenters. The zero-order valence-electron chi connectivity index (χ0n) is 13.2. The second-order valence-corrected chi connectivity index (χ2v) is 4.90. The summed E-state index contributed by atoms with van der Waals surface area (Å²) in [6.45, 7) is 9.16. The zero-order chi connectivity index (χ0) is 14.8. The first kappa shape index (κ1) is 17.0. The van der Waals surface area contributed by atoms with Crippen LogP contribution >= 0.6 is 0 Å². The largest absolute Gasteiger partial charge is 0.383 e. The summed E-state index contributed by atoms with van der Waals surface area (Å²) in [7, 11) is 3.82. The third-order valence-corrected chi connectivity index (χ3v) is 3.34. The molecule has 4 heteroatoms. The van der Waals surface area contributed by atoms with Crippen LogP contribution in [-0.2, 0) is 16.0 Å². The molecule has 0 amide bonds. The first-order valence-electron chi connectivity index (χ1n) is 7.27. The van der Waals surface area contributed by atoms with Gasteiger partial charge in [0, 0.05) is 46.1 Å². The molecule has 0 spiro atoms. The number of hydrogen-bond donors (Lipinski definition) is 1. The monoisotopic (exact) mass is 280 g/mol. The Balaban J connectivity index is 2.49. The van der Waals surface area contributed by atoms with E-state index >= 15 is 0 Å². The molecule has 0 unspecified atom stereocenters. The Labute approximate surface area is 123 Å². The van der Waals surface area contributed by atoms with E-state index in [0.717, 1.165) is 39.5 Å². The van der Waals surface area contributed by atoms with E-state index in [0.29, 0.717) is 0 Å². The predicted molar refractivity (Wildman–Crippen MR) is 84.5 cm³/mol. The lowest BCUT2D eigenvalue weighted by Crippen LogP contribution is -2.23. The molecular weight excluding hydrogens is 252 g/mol. The minimum Gasteiger partial charge on any atom is -0.383 e. The minimum absolute atomic E-state index is 0.747. The quantitative estimate of drug-likeness (QED) is 0.666. The van der Waals surface area contributed by atoms with Gasteiger partial charge in [-0.2, -0.15) is 0 Å². The maximum absolute atomic E-state index is 5.39. The minimum atomic E-state index is 0.747. The Hall–Kier alpha value is -1.10. The van der Waals surface area contributed by atoms with Crippen LogP contribution in [0.2, 0.25) is 0 Å². The van der Waals surface area contributed by atoms with E-state index in [1.165, 1.54) is 16.8 Å². The molecule has 0 aliphatic rings. The van der Waals surface area contributed by atoms with Crippen molar-refractivity contribution in [3.05, 3.63) is 29.3 Å². The third-order valence-electron chi connectivity index (χ3n) is 3.34. The summed E-state index contributed by atoms with van der Waals surface area (Å²) in [5.74, 6) is 0. The van der Waals surface area contributed by atoms with Crippen molar-refractivity contribution in [1.82, 2.24) is 5.32 Å². The molecule has 4 nitrogen and oxygen atoms in total. The van der Waals surface area contributed by atoms with Gasteiger partial charge >= 0.3 is 0 Å². The summed E-state index contributed by atoms with van der Waals surface area (Å²) in [5.41, 5.74) is 3.89. The van der Waals surface area contributed by atoms with Crippen molar-refractivity contribution in [1.29, 1.82) is 0 Å². The molecule has 0 fully saturated rings. The van der Waals surface area contributed by atoms with Gasteiger partial charge in [0.2, 0.25) is 0 Å². The van der Waals surface area contributed by atoms with Crippen LogP contribution in [-0.4, -0.2) is 47.1 Å². The molecule has 1 aromatic rings. The van der Waals surface area contributed by atoms with Crippen molar-refractivity contribution in [2.45, 2.75) is 20.4 Å². The smallest absolute Gasteiger partial charge is 0.0641 e. The molecule has 0 aromatic heterocycles. The zero-order valence-corrected chi connectivity index (χ0v) is 13.2. The maximum atomic E-state index is 5.39. The highest BCUT2D eigenvalue weighted by Crippen LogP contribution is 2.18. The SMILES string of the molecule is CCOCCN(C)c1ccc(CNCCOC)c(C)c1. The van der Waals surface area contributed by atoms with E-state index in [-0.39, 0.29) is 0 Å². The van der Waals surface area contributed by atoms with Crippen molar-refractivity contribution < 1.29 is 9.47 Å². The predicted octanol–water partition coefficient (Wildman–Crippen LogP) is 2.20. The topological polar surface area (TPSA) is 33.7 Å². The van der Waals surface area contributed by atoms with Gasteiger partial charge in [0.05, 0.1) is 13.2 Å². The van der Waals surface area contributed by atoms with Crippen LogP contribution in [0.3, 0.4) is 0 Å². The highest BCUT2D eigenvalue weighted by atomic mass is 16.5. The number of anilines is 1. The summed E-state index contributed by atoms with van der Waals surface area (Å²) in [6, 6.07) is 6.60. The van der Waals surface area contributed by atoms with E-state index < -0.39 is 0 Å². The first-order chi connectivity index (χ1) is 9.69. The van der Waals surface area contributed by atoms with Gasteiger partial charge < -0.3 is 19.7 Å². The number of methoxy groups -OCH3 is 1. The Kier molecular flexibility index (Phi) is 8.26. The van der Waals surface area contributed by atoms with Crippen LogP contribution in [0.1, 0.15) is 18.1 Å². The molecule has 0 saturated carbocycles. The van der Waals surface area contributed by atoms with Gasteiger partial charge in [-0.05, 0) is 37.1 Å². The molecule has 1 N–H and O–H groups in total. The van der Waals surface area contributed by atoms with Crippen LogP contribution in [0.25, 0.3) is 0 Å². The van der Waals surface area contributed by atoms with Crippen LogP contribution in [0.5, 0.6) is 0 Å². The highest BCUT2D eigenvalue weighted by molar-refractivity contribution is 5.50. The highest BCUT2D eigenvalue weighted by Gasteiger charge is 2.04. The van der Waals surface area contributed by atoms with Gasteiger partial charge in [-0.25, -0.2) is 0 Å². The van der Waals surface area contributed by atoms with Crippen molar-refractivity contribution in [3.8, 4) is 0 Å². The second-order valence-electron chi connectivity index (χ2n) is 4.90. The number of aryl methyl sites for hydroxylation is 1. The van der Waals surface area contributed by atoms with Crippen LogP contribution in [0.4, 0.5) is 5.69 Å². The fourth-order valence-corrected chi connectivity index (χ4v) is 1.99. The van der Waals surface area contributed by atoms with Crippen LogP contribution in [0.15, 0.2) is 18.2 Å². The fraction of sp³-hybridized carbons (Fsp3) is 0.625. The van der Waals surface area contributed by atoms with Crippen molar-refractivity contribution >= 4 is 5.69 Å². The lowest BCUT2D eigenvalue weighted by atomic mass is 10.1. The summed E-state index contributed by atoms with van der Waals surface area (Å²) >= 11 is 0. The lowest BCUT2D eigenvalue weighted by Gasteiger charge is -2.20. The summed E-state index contributed by atoms with van der Waals surface area (Å²) in [4.78, 5) is 2.23. The van der Waals surface area contributed by atoms with Gasteiger partial charge in [0.15, 0.2) is 0 Å². The number of hydrogen-bond acceptors (Lipinski definition) is 4. The Morgan fingerprint density at radius 3 is 2.70 bits per heavy atom. The molecule has 0 saturated heterocycles. The normalized spacial score (nSPS) is 10.8. The second kappa shape index (κ2) is 9.75.